The minimum atomic E-state index is -3.74. The van der Waals surface area contributed by atoms with Crippen molar-refractivity contribution in [3.63, 3.8) is 0 Å². The van der Waals surface area contributed by atoms with Crippen LogP contribution in [0.2, 0.25) is 5.02 Å². The van der Waals surface area contributed by atoms with Gasteiger partial charge in [0.25, 0.3) is 5.91 Å². The molecule has 0 spiro atoms. The lowest BCUT2D eigenvalue weighted by Crippen LogP contribution is -2.28. The Morgan fingerprint density at radius 3 is 2.43 bits per heavy atom. The van der Waals surface area contributed by atoms with E-state index >= 15 is 0 Å². The summed E-state index contributed by atoms with van der Waals surface area (Å²) in [7, 11) is -0.729. The van der Waals surface area contributed by atoms with Gasteiger partial charge < -0.3 is 14.8 Å². The molecule has 1 fully saturated rings. The SMILES string of the molecule is COc1ccc(NC(=O)c2ccc(Cl)c(S(=O)(=O)N3CCCC3)c2)c(OC)c1. The zero-order valence-corrected chi connectivity index (χ0v) is 17.1. The van der Waals surface area contributed by atoms with E-state index in [0.29, 0.717) is 30.3 Å². The van der Waals surface area contributed by atoms with Gasteiger partial charge in [0, 0.05) is 24.7 Å². The van der Waals surface area contributed by atoms with Crippen molar-refractivity contribution in [1.82, 2.24) is 4.31 Å². The van der Waals surface area contributed by atoms with Crippen molar-refractivity contribution in [2.75, 3.05) is 32.6 Å². The first-order chi connectivity index (χ1) is 13.4. The second-order valence-electron chi connectivity index (χ2n) is 6.28. The Kier molecular flexibility index (Phi) is 6.12. The van der Waals surface area contributed by atoms with E-state index in [1.807, 2.05) is 0 Å². The molecule has 0 unspecified atom stereocenters. The van der Waals surface area contributed by atoms with Crippen LogP contribution >= 0.6 is 11.6 Å². The Labute approximate surface area is 169 Å². The number of hydrogen-bond acceptors (Lipinski definition) is 5. The van der Waals surface area contributed by atoms with E-state index in [1.165, 1.54) is 36.7 Å². The number of hydrogen-bond donors (Lipinski definition) is 1. The molecule has 9 heteroatoms. The summed E-state index contributed by atoms with van der Waals surface area (Å²) < 4.78 is 37.5. The Morgan fingerprint density at radius 1 is 1.07 bits per heavy atom. The van der Waals surface area contributed by atoms with Gasteiger partial charge >= 0.3 is 0 Å². The third-order valence-corrected chi connectivity index (χ3v) is 6.91. The fourth-order valence-electron chi connectivity index (χ4n) is 3.01. The van der Waals surface area contributed by atoms with E-state index in [-0.39, 0.29) is 15.5 Å². The van der Waals surface area contributed by atoms with Crippen molar-refractivity contribution >= 4 is 33.2 Å². The number of rotatable bonds is 6. The monoisotopic (exact) mass is 424 g/mol. The average molecular weight is 425 g/mol. The van der Waals surface area contributed by atoms with E-state index in [0.717, 1.165) is 12.8 Å². The molecular weight excluding hydrogens is 404 g/mol. The number of nitrogens with one attached hydrogen (secondary N) is 1. The number of amides is 1. The maximum Gasteiger partial charge on any atom is 0.255 e. The fourth-order valence-corrected chi connectivity index (χ4v) is 5.02. The van der Waals surface area contributed by atoms with Crippen LogP contribution < -0.4 is 14.8 Å². The topological polar surface area (TPSA) is 84.9 Å². The number of halogens is 1. The van der Waals surface area contributed by atoms with Gasteiger partial charge in [-0.05, 0) is 43.2 Å². The highest BCUT2D eigenvalue weighted by Gasteiger charge is 2.29. The van der Waals surface area contributed by atoms with Gasteiger partial charge in [0.2, 0.25) is 10.0 Å². The number of sulfonamides is 1. The van der Waals surface area contributed by atoms with E-state index in [9.17, 15) is 13.2 Å². The van der Waals surface area contributed by atoms with Gasteiger partial charge in [-0.1, -0.05) is 11.6 Å². The summed E-state index contributed by atoms with van der Waals surface area (Å²) in [6.07, 6.45) is 1.63. The first-order valence-electron chi connectivity index (χ1n) is 8.70. The molecule has 1 heterocycles. The van der Waals surface area contributed by atoms with Crippen LogP contribution in [0.15, 0.2) is 41.3 Å². The highest BCUT2D eigenvalue weighted by Crippen LogP contribution is 2.31. The van der Waals surface area contributed by atoms with Gasteiger partial charge in [0.15, 0.2) is 0 Å². The second kappa shape index (κ2) is 8.38. The van der Waals surface area contributed by atoms with Gasteiger partial charge in [0.05, 0.1) is 24.9 Å². The maximum absolute atomic E-state index is 12.8. The number of methoxy groups -OCH3 is 2. The van der Waals surface area contributed by atoms with Crippen LogP contribution in [0.1, 0.15) is 23.2 Å². The van der Waals surface area contributed by atoms with Crippen molar-refractivity contribution in [1.29, 1.82) is 0 Å². The van der Waals surface area contributed by atoms with Crippen LogP contribution in [0.5, 0.6) is 11.5 Å². The molecule has 0 atom stereocenters. The molecule has 2 aromatic carbocycles. The third kappa shape index (κ3) is 4.09. The van der Waals surface area contributed by atoms with Crippen molar-refractivity contribution < 1.29 is 22.7 Å². The number of carbonyl (C=O) groups excluding carboxylic acids is 1. The molecule has 28 heavy (non-hydrogen) atoms. The molecule has 0 bridgehead atoms. The molecule has 0 aromatic heterocycles. The minimum absolute atomic E-state index is 0.0644. The number of anilines is 1. The smallest absolute Gasteiger partial charge is 0.255 e. The Morgan fingerprint density at radius 2 is 1.79 bits per heavy atom. The van der Waals surface area contributed by atoms with Gasteiger partial charge in [-0.25, -0.2) is 8.42 Å². The summed E-state index contributed by atoms with van der Waals surface area (Å²) in [5.41, 5.74) is 0.618. The lowest BCUT2D eigenvalue weighted by Gasteiger charge is -2.17. The molecule has 0 aliphatic carbocycles. The Hall–Kier alpha value is -2.29. The zero-order chi connectivity index (χ0) is 20.3. The Bertz CT molecular complexity index is 988. The second-order valence-corrected chi connectivity index (χ2v) is 8.59. The predicted molar refractivity (Wildman–Crippen MR) is 107 cm³/mol. The predicted octanol–water partition coefficient (Wildman–Crippen LogP) is 3.39. The summed E-state index contributed by atoms with van der Waals surface area (Å²) in [5, 5.41) is 2.81. The molecule has 3 rings (SSSR count). The highest BCUT2D eigenvalue weighted by atomic mass is 35.5. The van der Waals surface area contributed by atoms with Crippen LogP contribution in [-0.2, 0) is 10.0 Å². The van der Waals surface area contributed by atoms with E-state index in [4.69, 9.17) is 21.1 Å². The van der Waals surface area contributed by atoms with E-state index < -0.39 is 15.9 Å². The van der Waals surface area contributed by atoms with Gasteiger partial charge in [0.1, 0.15) is 16.4 Å². The number of carbonyl (C=O) groups is 1. The standard InChI is InChI=1S/C19H21ClN2O5S/c1-26-14-6-8-16(17(12-14)27-2)21-19(23)13-5-7-15(20)18(11-13)28(24,25)22-9-3-4-10-22/h5-8,11-12H,3-4,9-10H2,1-2H3,(H,21,23). The van der Waals surface area contributed by atoms with Crippen LogP contribution in [0.25, 0.3) is 0 Å². The fraction of sp³-hybridized carbons (Fsp3) is 0.316. The molecular formula is C19H21ClN2O5S. The van der Waals surface area contributed by atoms with Gasteiger partial charge in [-0.3, -0.25) is 4.79 Å². The quantitative estimate of drug-likeness (QED) is 0.768. The van der Waals surface area contributed by atoms with Crippen molar-refractivity contribution in [3.05, 3.63) is 47.0 Å². The number of ether oxygens (including phenoxy) is 2. The molecule has 1 N–H and O–H groups in total. The highest BCUT2D eigenvalue weighted by molar-refractivity contribution is 7.89. The normalized spacial score (nSPS) is 14.7. The van der Waals surface area contributed by atoms with Crippen LogP contribution in [0, 0.1) is 0 Å². The maximum atomic E-state index is 12.8. The van der Waals surface area contributed by atoms with Crippen molar-refractivity contribution in [3.8, 4) is 11.5 Å². The van der Waals surface area contributed by atoms with E-state index in [1.54, 1.807) is 18.2 Å². The molecule has 1 aliphatic heterocycles. The number of benzene rings is 2. The molecule has 2 aromatic rings. The van der Waals surface area contributed by atoms with Crippen molar-refractivity contribution in [2.24, 2.45) is 0 Å². The molecule has 1 saturated heterocycles. The molecule has 0 radical (unpaired) electrons. The number of nitrogens with zero attached hydrogens (tertiary/aromatic N) is 1. The van der Waals surface area contributed by atoms with Crippen LogP contribution in [-0.4, -0.2) is 45.9 Å². The molecule has 0 saturated carbocycles. The zero-order valence-electron chi connectivity index (χ0n) is 15.6. The third-order valence-electron chi connectivity index (χ3n) is 4.53. The Balaban J connectivity index is 1.89. The summed E-state index contributed by atoms with van der Waals surface area (Å²) in [6.45, 7) is 0.913. The summed E-state index contributed by atoms with van der Waals surface area (Å²) in [4.78, 5) is 12.6. The first kappa shape index (κ1) is 20.4. The van der Waals surface area contributed by atoms with Crippen LogP contribution in [0.3, 0.4) is 0 Å². The summed E-state index contributed by atoms with van der Waals surface area (Å²) in [6, 6.07) is 9.18. The molecule has 1 aliphatic rings. The van der Waals surface area contributed by atoms with Crippen LogP contribution in [0.4, 0.5) is 5.69 Å². The lowest BCUT2D eigenvalue weighted by atomic mass is 10.2. The lowest BCUT2D eigenvalue weighted by molar-refractivity contribution is 0.102. The van der Waals surface area contributed by atoms with E-state index in [2.05, 4.69) is 5.32 Å². The largest absolute Gasteiger partial charge is 0.497 e. The molecule has 1 amide bonds. The summed E-state index contributed by atoms with van der Waals surface area (Å²) >= 11 is 6.13. The minimum Gasteiger partial charge on any atom is -0.497 e. The first-order valence-corrected chi connectivity index (χ1v) is 10.5. The van der Waals surface area contributed by atoms with Gasteiger partial charge in [-0.15, -0.1) is 0 Å². The molecule has 7 nitrogen and oxygen atoms in total. The average Bonchev–Trinajstić information content (AvgIpc) is 3.24. The van der Waals surface area contributed by atoms with Crippen molar-refractivity contribution in [2.45, 2.75) is 17.7 Å². The van der Waals surface area contributed by atoms with Gasteiger partial charge in [-0.2, -0.15) is 4.31 Å². The summed E-state index contributed by atoms with van der Waals surface area (Å²) in [5.74, 6) is 0.532. The molecule has 150 valence electrons.